The molecule has 0 nitrogen and oxygen atoms in total. The van der Waals surface area contributed by atoms with Crippen molar-refractivity contribution in [3.63, 3.8) is 0 Å². The molecular formula is C21H24Si. The summed E-state index contributed by atoms with van der Waals surface area (Å²) < 4.78 is 0. The summed E-state index contributed by atoms with van der Waals surface area (Å²) in [5.74, 6) is 0.591. The highest BCUT2D eigenvalue weighted by molar-refractivity contribution is 6.89. The van der Waals surface area contributed by atoms with Gasteiger partial charge in [-0.15, -0.1) is 0 Å². The standard InChI is InChI=1S/C21H24Si/c1-17(16-22(2,3)19-12-5-4-6-13-19)20-15-9-11-18-10-7-8-14-21(18)20/h4-15,17H,16H2,1-3H3. The van der Waals surface area contributed by atoms with Crippen LogP contribution in [0.5, 0.6) is 0 Å². The fraction of sp³-hybridized carbons (Fsp3) is 0.238. The number of hydrogen-bond donors (Lipinski definition) is 0. The van der Waals surface area contributed by atoms with E-state index >= 15 is 0 Å². The molecule has 0 spiro atoms. The minimum atomic E-state index is -1.41. The SMILES string of the molecule is CC(C[Si](C)(C)c1ccccc1)c1cccc2ccccc12. The molecule has 0 fully saturated rings. The molecule has 0 heterocycles. The lowest BCUT2D eigenvalue weighted by molar-refractivity contribution is 0.857. The molecular weight excluding hydrogens is 280 g/mol. The van der Waals surface area contributed by atoms with E-state index in [2.05, 4.69) is 92.8 Å². The topological polar surface area (TPSA) is 0 Å². The van der Waals surface area contributed by atoms with E-state index in [-0.39, 0.29) is 0 Å². The zero-order valence-electron chi connectivity index (χ0n) is 13.7. The molecule has 0 bridgehead atoms. The Kier molecular flexibility index (Phi) is 4.17. The minimum absolute atomic E-state index is 0.591. The van der Waals surface area contributed by atoms with Crippen LogP contribution in [-0.2, 0) is 0 Å². The first kappa shape index (κ1) is 15.0. The number of fused-ring (bicyclic) bond motifs is 1. The minimum Gasteiger partial charge on any atom is -0.0654 e. The molecule has 0 amide bonds. The van der Waals surface area contributed by atoms with Gasteiger partial charge in [-0.1, -0.05) is 98.0 Å². The Morgan fingerprint density at radius 1 is 0.773 bits per heavy atom. The summed E-state index contributed by atoms with van der Waals surface area (Å²) in [7, 11) is -1.41. The van der Waals surface area contributed by atoms with E-state index < -0.39 is 8.07 Å². The zero-order valence-corrected chi connectivity index (χ0v) is 14.7. The molecule has 0 saturated heterocycles. The van der Waals surface area contributed by atoms with Gasteiger partial charge >= 0.3 is 0 Å². The maximum Gasteiger partial charge on any atom is 0.0812 e. The maximum atomic E-state index is 2.49. The normalized spacial score (nSPS) is 13.2. The Bertz CT molecular complexity index is 754. The van der Waals surface area contributed by atoms with Crippen molar-refractivity contribution in [2.24, 2.45) is 0 Å². The fourth-order valence-electron chi connectivity index (χ4n) is 3.56. The largest absolute Gasteiger partial charge is 0.0812 e. The van der Waals surface area contributed by atoms with E-state index in [1.807, 2.05) is 0 Å². The highest BCUT2D eigenvalue weighted by Crippen LogP contribution is 2.31. The van der Waals surface area contributed by atoms with Gasteiger partial charge in [-0.2, -0.15) is 0 Å². The third-order valence-electron chi connectivity index (χ3n) is 4.73. The number of benzene rings is 3. The first-order valence-electron chi connectivity index (χ1n) is 8.11. The second-order valence-corrected chi connectivity index (χ2v) is 11.7. The Balaban J connectivity index is 1.92. The predicted molar refractivity (Wildman–Crippen MR) is 101 cm³/mol. The van der Waals surface area contributed by atoms with Crippen molar-refractivity contribution < 1.29 is 0 Å². The molecule has 112 valence electrons. The van der Waals surface area contributed by atoms with Crippen LogP contribution in [0.4, 0.5) is 0 Å². The van der Waals surface area contributed by atoms with Gasteiger partial charge in [-0.25, -0.2) is 0 Å². The fourth-order valence-corrected chi connectivity index (χ4v) is 6.64. The average molecular weight is 305 g/mol. The maximum absolute atomic E-state index is 2.49. The molecule has 0 radical (unpaired) electrons. The number of rotatable bonds is 4. The van der Waals surface area contributed by atoms with Gasteiger partial charge in [0.25, 0.3) is 0 Å². The molecule has 0 N–H and O–H groups in total. The van der Waals surface area contributed by atoms with Crippen LogP contribution in [0.25, 0.3) is 10.8 Å². The van der Waals surface area contributed by atoms with Crippen molar-refractivity contribution in [1.29, 1.82) is 0 Å². The third-order valence-corrected chi connectivity index (χ3v) is 8.26. The lowest BCUT2D eigenvalue weighted by Gasteiger charge is -2.27. The van der Waals surface area contributed by atoms with Crippen LogP contribution in [0.1, 0.15) is 18.4 Å². The Morgan fingerprint density at radius 3 is 2.18 bits per heavy atom. The van der Waals surface area contributed by atoms with Crippen molar-refractivity contribution in [3.05, 3.63) is 78.4 Å². The Morgan fingerprint density at radius 2 is 1.41 bits per heavy atom. The summed E-state index contributed by atoms with van der Waals surface area (Å²) in [4.78, 5) is 0. The van der Waals surface area contributed by atoms with E-state index in [0.717, 1.165) is 0 Å². The van der Waals surface area contributed by atoms with E-state index in [0.29, 0.717) is 5.92 Å². The van der Waals surface area contributed by atoms with Crippen molar-refractivity contribution in [3.8, 4) is 0 Å². The van der Waals surface area contributed by atoms with Gasteiger partial charge < -0.3 is 0 Å². The van der Waals surface area contributed by atoms with Crippen LogP contribution in [0.3, 0.4) is 0 Å². The molecule has 0 aliphatic carbocycles. The van der Waals surface area contributed by atoms with Crippen LogP contribution >= 0.6 is 0 Å². The van der Waals surface area contributed by atoms with E-state index in [4.69, 9.17) is 0 Å². The molecule has 1 heteroatoms. The molecule has 3 aromatic carbocycles. The van der Waals surface area contributed by atoms with Gasteiger partial charge in [-0.3, -0.25) is 0 Å². The van der Waals surface area contributed by atoms with Crippen molar-refractivity contribution in [2.45, 2.75) is 32.0 Å². The van der Waals surface area contributed by atoms with Crippen LogP contribution in [0.15, 0.2) is 72.8 Å². The van der Waals surface area contributed by atoms with E-state index in [1.54, 1.807) is 5.19 Å². The quantitative estimate of drug-likeness (QED) is 0.554. The predicted octanol–water partition coefficient (Wildman–Crippen LogP) is 5.56. The highest BCUT2D eigenvalue weighted by atomic mass is 28.3. The molecule has 3 rings (SSSR count). The Hall–Kier alpha value is -1.86. The lowest BCUT2D eigenvalue weighted by Crippen LogP contribution is -2.42. The van der Waals surface area contributed by atoms with Crippen molar-refractivity contribution >= 4 is 24.0 Å². The average Bonchev–Trinajstić information content (AvgIpc) is 2.54. The van der Waals surface area contributed by atoms with E-state index in [1.165, 1.54) is 22.4 Å². The molecule has 0 aliphatic rings. The number of hydrogen-bond acceptors (Lipinski definition) is 0. The van der Waals surface area contributed by atoms with E-state index in [9.17, 15) is 0 Å². The Labute approximate surface area is 134 Å². The summed E-state index contributed by atoms with van der Waals surface area (Å²) >= 11 is 0. The lowest BCUT2D eigenvalue weighted by atomic mass is 9.96. The van der Waals surface area contributed by atoms with Gasteiger partial charge in [0, 0.05) is 0 Å². The van der Waals surface area contributed by atoms with Gasteiger partial charge in [0.05, 0.1) is 8.07 Å². The third kappa shape index (κ3) is 3.00. The van der Waals surface area contributed by atoms with Gasteiger partial charge in [0.15, 0.2) is 0 Å². The molecule has 0 saturated carbocycles. The summed E-state index contributed by atoms with van der Waals surface area (Å²) in [5, 5.41) is 4.32. The monoisotopic (exact) mass is 304 g/mol. The van der Waals surface area contributed by atoms with Crippen LogP contribution in [-0.4, -0.2) is 8.07 Å². The van der Waals surface area contributed by atoms with Crippen LogP contribution in [0.2, 0.25) is 19.1 Å². The summed E-state index contributed by atoms with van der Waals surface area (Å²) in [5.41, 5.74) is 1.50. The van der Waals surface area contributed by atoms with Crippen molar-refractivity contribution in [1.82, 2.24) is 0 Å². The smallest absolute Gasteiger partial charge is 0.0654 e. The molecule has 0 aliphatic heterocycles. The van der Waals surface area contributed by atoms with Gasteiger partial charge in [0.2, 0.25) is 0 Å². The van der Waals surface area contributed by atoms with Gasteiger partial charge in [-0.05, 0) is 28.3 Å². The van der Waals surface area contributed by atoms with Crippen LogP contribution in [0, 0.1) is 0 Å². The summed E-state index contributed by atoms with van der Waals surface area (Å²) in [6, 6.07) is 27.8. The first-order valence-corrected chi connectivity index (χ1v) is 11.3. The highest BCUT2D eigenvalue weighted by Gasteiger charge is 2.26. The summed E-state index contributed by atoms with van der Waals surface area (Å²) in [6.45, 7) is 7.37. The summed E-state index contributed by atoms with van der Waals surface area (Å²) in [6.07, 6.45) is 0. The molecule has 0 aromatic heterocycles. The second kappa shape index (κ2) is 6.10. The first-order chi connectivity index (χ1) is 10.6. The molecule has 1 atom stereocenters. The molecule has 1 unspecified atom stereocenters. The second-order valence-electron chi connectivity index (χ2n) is 6.92. The molecule has 3 aromatic rings. The van der Waals surface area contributed by atoms with Crippen molar-refractivity contribution in [2.75, 3.05) is 0 Å². The zero-order chi connectivity index (χ0) is 15.6. The molecule has 22 heavy (non-hydrogen) atoms. The van der Waals surface area contributed by atoms with Gasteiger partial charge in [0.1, 0.15) is 0 Å². The van der Waals surface area contributed by atoms with Crippen LogP contribution < -0.4 is 5.19 Å².